The third kappa shape index (κ3) is 1.39. The molecule has 0 heterocycles. The van der Waals surface area contributed by atoms with Crippen LogP contribution in [-0.4, -0.2) is 23.5 Å². The average Bonchev–Trinajstić information content (AvgIpc) is 1.96. The summed E-state index contributed by atoms with van der Waals surface area (Å²) in [5.41, 5.74) is 3.29. The van der Waals surface area contributed by atoms with Crippen LogP contribution in [-0.2, 0) is 0 Å². The number of hydrogen-bond donors (Lipinski definition) is 2. The van der Waals surface area contributed by atoms with Crippen LogP contribution in [0.4, 0.5) is 0 Å². The molecule has 0 bridgehead atoms. The summed E-state index contributed by atoms with van der Waals surface area (Å²) < 4.78 is 0. The zero-order valence-electron chi connectivity index (χ0n) is 6.61. The van der Waals surface area contributed by atoms with Crippen LogP contribution in [0.3, 0.4) is 0 Å². The molecule has 4 heteroatoms. The molecular formula is C8H8BO3. The molecule has 0 aromatic heterocycles. The van der Waals surface area contributed by atoms with Gasteiger partial charge in [-0.25, -0.2) is 0 Å². The van der Waals surface area contributed by atoms with Gasteiger partial charge >= 0.3 is 7.69 Å². The van der Waals surface area contributed by atoms with Gasteiger partial charge in [0.25, 0.3) is 0 Å². The number of Topliss-reactive ketones (excluding diaryl/α,β-unsaturated/α-hetero) is 1. The predicted octanol–water partition coefficient (Wildman–Crippen LogP) is 0.375. The van der Waals surface area contributed by atoms with E-state index >= 15 is 0 Å². The zero-order chi connectivity index (χ0) is 9.14. The lowest BCUT2D eigenvalue weighted by atomic mass is 9.85. The first-order valence-corrected chi connectivity index (χ1v) is 3.46. The summed E-state index contributed by atoms with van der Waals surface area (Å²) >= 11 is 0. The summed E-state index contributed by atoms with van der Waals surface area (Å²) in [5.74, 6) is 0.179. The van der Waals surface area contributed by atoms with Crippen molar-refractivity contribution in [2.24, 2.45) is 0 Å². The molecule has 2 aliphatic carbocycles. The van der Waals surface area contributed by atoms with Crippen LogP contribution in [0.2, 0.25) is 0 Å². The Morgan fingerprint density at radius 1 is 1.42 bits per heavy atom. The van der Waals surface area contributed by atoms with Crippen molar-refractivity contribution < 1.29 is 14.8 Å². The van der Waals surface area contributed by atoms with Gasteiger partial charge in [0.2, 0.25) is 0 Å². The summed E-state index contributed by atoms with van der Waals surface area (Å²) in [7, 11) is 0. The molecule has 2 N–H and O–H groups in total. The van der Waals surface area contributed by atoms with Crippen molar-refractivity contribution >= 4 is 13.5 Å². The topological polar surface area (TPSA) is 57.5 Å². The lowest BCUT2D eigenvalue weighted by Gasteiger charge is -2.18. The lowest BCUT2D eigenvalue weighted by Crippen LogP contribution is -2.04. The van der Waals surface area contributed by atoms with Gasteiger partial charge in [0, 0.05) is 5.56 Å². The molecule has 12 heavy (non-hydrogen) atoms. The van der Waals surface area contributed by atoms with E-state index in [0.717, 1.165) is 11.1 Å². The normalized spacial score (nSPS) is 9.58. The van der Waals surface area contributed by atoms with Gasteiger partial charge in [0.1, 0.15) is 0 Å². The number of rotatable bonds is 1. The number of benzene rings is 1. The van der Waals surface area contributed by atoms with Crippen LogP contribution in [0.25, 0.3) is 11.1 Å². The summed E-state index contributed by atoms with van der Waals surface area (Å²) in [4.78, 5) is 10.7. The summed E-state index contributed by atoms with van der Waals surface area (Å²) in [5, 5.41) is 14.0. The van der Waals surface area contributed by atoms with Crippen LogP contribution in [0.5, 0.6) is 0 Å². The van der Waals surface area contributed by atoms with Gasteiger partial charge in [-0.3, -0.25) is 4.79 Å². The van der Waals surface area contributed by atoms with Crippen molar-refractivity contribution in [3.8, 4) is 11.1 Å². The first kappa shape index (κ1) is 8.97. The number of ketones is 1. The molecule has 0 atom stereocenters. The predicted molar refractivity (Wildman–Crippen MR) is 45.6 cm³/mol. The van der Waals surface area contributed by atoms with E-state index in [2.05, 4.69) is 0 Å². The molecule has 0 amide bonds. The molecule has 0 saturated heterocycles. The molecule has 61 valence electrons. The maximum Gasteiger partial charge on any atom is 0.482 e. The Morgan fingerprint density at radius 2 is 2.00 bits per heavy atom. The summed E-state index contributed by atoms with van der Waals surface area (Å²) in [6.45, 7) is 1.60. The lowest BCUT2D eigenvalue weighted by molar-refractivity contribution is 0.101. The largest absolute Gasteiger partial charge is 0.482 e. The Kier molecular flexibility index (Phi) is 2.63. The molecule has 0 unspecified atom stereocenters. The molecule has 0 saturated carbocycles. The first-order chi connectivity index (χ1) is 5.70. The Bertz CT molecular complexity index is 309. The molecule has 0 aromatic carbocycles. The molecular weight excluding hydrogens is 155 g/mol. The molecule has 3 nitrogen and oxygen atoms in total. The zero-order valence-corrected chi connectivity index (χ0v) is 6.61. The monoisotopic (exact) mass is 163 g/mol. The van der Waals surface area contributed by atoms with E-state index in [1.54, 1.807) is 6.92 Å². The summed E-state index contributed by atoms with van der Waals surface area (Å²) in [6, 6.07) is 5.92. The minimum atomic E-state index is 0. The van der Waals surface area contributed by atoms with Gasteiger partial charge in [0.15, 0.2) is 5.78 Å². The second-order valence-electron chi connectivity index (χ2n) is 2.43. The quantitative estimate of drug-likeness (QED) is 0.471. The van der Waals surface area contributed by atoms with Crippen molar-refractivity contribution in [3.05, 3.63) is 23.8 Å². The second-order valence-corrected chi connectivity index (χ2v) is 2.43. The molecule has 2 rings (SSSR count). The van der Waals surface area contributed by atoms with Crippen molar-refractivity contribution in [2.75, 3.05) is 0 Å². The van der Waals surface area contributed by atoms with Crippen molar-refractivity contribution in [1.82, 2.24) is 0 Å². The van der Waals surface area contributed by atoms with Crippen LogP contribution in [0.15, 0.2) is 18.2 Å². The van der Waals surface area contributed by atoms with E-state index in [9.17, 15) is 4.79 Å². The van der Waals surface area contributed by atoms with Gasteiger partial charge in [-0.2, -0.15) is 0 Å². The Balaban J connectivity index is 0.000000213. The maximum atomic E-state index is 10.7. The van der Waals surface area contributed by atoms with Crippen LogP contribution in [0.1, 0.15) is 17.3 Å². The number of carbonyl (C=O) groups excluding carboxylic acids is 1. The van der Waals surface area contributed by atoms with Crippen molar-refractivity contribution in [2.45, 2.75) is 6.92 Å². The number of carbonyl (C=O) groups is 1. The number of hydrogen-bond acceptors (Lipinski definition) is 3. The highest BCUT2D eigenvalue weighted by molar-refractivity contribution is 6.13. The smallest absolute Gasteiger partial charge is 0.429 e. The third-order valence-corrected chi connectivity index (χ3v) is 1.71. The first-order valence-electron chi connectivity index (χ1n) is 3.46. The van der Waals surface area contributed by atoms with E-state index in [1.165, 1.54) is 5.56 Å². The number of fused-ring (bicyclic) bond motifs is 1. The molecule has 0 spiro atoms. The highest BCUT2D eigenvalue weighted by Gasteiger charge is 2.18. The SMILES string of the molecule is CC(=O)c1cc2ccc1-2.O[B]O. The minimum absolute atomic E-state index is 0. The van der Waals surface area contributed by atoms with Crippen LogP contribution in [0, 0.1) is 0 Å². The Hall–Kier alpha value is -1.13. The molecule has 2 aliphatic rings. The third-order valence-electron chi connectivity index (χ3n) is 1.71. The van der Waals surface area contributed by atoms with E-state index in [0.29, 0.717) is 0 Å². The van der Waals surface area contributed by atoms with E-state index in [1.807, 2.05) is 18.2 Å². The van der Waals surface area contributed by atoms with Gasteiger partial charge < -0.3 is 10.0 Å². The molecule has 0 fully saturated rings. The minimum Gasteiger partial charge on any atom is -0.429 e. The highest BCUT2D eigenvalue weighted by atomic mass is 16.4. The van der Waals surface area contributed by atoms with Gasteiger partial charge in [-0.15, -0.1) is 0 Å². The van der Waals surface area contributed by atoms with Gasteiger partial charge in [-0.1, -0.05) is 12.1 Å². The summed E-state index contributed by atoms with van der Waals surface area (Å²) in [6.07, 6.45) is 0. The fourth-order valence-electron chi connectivity index (χ4n) is 1.08. The van der Waals surface area contributed by atoms with E-state index < -0.39 is 0 Å². The standard InChI is InChI=1S/C8H6O.BH2O2/c1-5(9)8-4-6-2-3-7(6)8;2-1-3/h2-4H,1H3;2-3H. The Morgan fingerprint density at radius 3 is 2.08 bits per heavy atom. The molecule has 0 aliphatic heterocycles. The van der Waals surface area contributed by atoms with E-state index in [-0.39, 0.29) is 13.5 Å². The fourth-order valence-corrected chi connectivity index (χ4v) is 1.08. The average molecular weight is 163 g/mol. The van der Waals surface area contributed by atoms with Crippen molar-refractivity contribution in [1.29, 1.82) is 0 Å². The van der Waals surface area contributed by atoms with Crippen molar-refractivity contribution in [3.63, 3.8) is 0 Å². The van der Waals surface area contributed by atoms with E-state index in [4.69, 9.17) is 10.0 Å². The second kappa shape index (κ2) is 3.52. The maximum absolute atomic E-state index is 10.7. The fraction of sp³-hybridized carbons (Fsp3) is 0.125. The van der Waals surface area contributed by atoms with Crippen LogP contribution >= 0.6 is 0 Å². The van der Waals surface area contributed by atoms with Crippen LogP contribution < -0.4 is 0 Å². The Labute approximate surface area is 71.0 Å². The van der Waals surface area contributed by atoms with Gasteiger partial charge in [-0.05, 0) is 24.1 Å². The molecule has 0 aromatic rings. The molecule has 1 radical (unpaired) electrons. The van der Waals surface area contributed by atoms with Gasteiger partial charge in [0.05, 0.1) is 0 Å². The highest BCUT2D eigenvalue weighted by Crippen LogP contribution is 2.36.